The molecule has 3 heterocycles. The van der Waals surface area contributed by atoms with Crippen LogP contribution >= 0.6 is 0 Å². The first-order chi connectivity index (χ1) is 11.7. The molecule has 0 atom stereocenters. The number of hydrogen-bond donors (Lipinski definition) is 2. The Bertz CT molecular complexity index is 883. The van der Waals surface area contributed by atoms with Crippen LogP contribution in [0.1, 0.15) is 47.5 Å². The number of pyridine rings is 1. The van der Waals surface area contributed by atoms with Crippen molar-refractivity contribution in [1.82, 2.24) is 25.1 Å². The largest absolute Gasteiger partial charge is 0.364 e. The van der Waals surface area contributed by atoms with Gasteiger partial charge in [-0.25, -0.2) is 15.0 Å². The van der Waals surface area contributed by atoms with E-state index in [1.807, 2.05) is 6.92 Å². The lowest BCUT2D eigenvalue weighted by Gasteiger charge is -2.10. The maximum Gasteiger partial charge on any atom is 0.165 e. The highest BCUT2D eigenvalue weighted by atomic mass is 15.1. The maximum atomic E-state index is 4.52. The van der Waals surface area contributed by atoms with Crippen molar-refractivity contribution in [2.75, 3.05) is 5.32 Å². The Morgan fingerprint density at radius 2 is 2.00 bits per heavy atom. The Hall–Kier alpha value is -2.50. The van der Waals surface area contributed by atoms with Crippen molar-refractivity contribution in [3.8, 4) is 0 Å². The molecule has 0 aliphatic heterocycles. The smallest absolute Gasteiger partial charge is 0.165 e. The predicted molar refractivity (Wildman–Crippen MR) is 94.0 cm³/mol. The molecule has 0 saturated heterocycles. The average molecular weight is 322 g/mol. The average Bonchev–Trinajstić information content (AvgIpc) is 2.79. The van der Waals surface area contributed by atoms with E-state index >= 15 is 0 Å². The Labute approximate surface area is 141 Å². The van der Waals surface area contributed by atoms with Gasteiger partial charge in [0.15, 0.2) is 5.65 Å². The molecule has 3 aromatic heterocycles. The number of H-pyrrole nitrogens is 1. The molecule has 0 fully saturated rings. The van der Waals surface area contributed by atoms with Gasteiger partial charge in [0.2, 0.25) is 0 Å². The third-order valence-corrected chi connectivity index (χ3v) is 4.74. The lowest BCUT2D eigenvalue weighted by atomic mass is 10.1. The molecule has 0 saturated carbocycles. The second kappa shape index (κ2) is 6.19. The van der Waals surface area contributed by atoms with Gasteiger partial charge >= 0.3 is 0 Å². The summed E-state index contributed by atoms with van der Waals surface area (Å²) in [5, 5.41) is 12.2. The Morgan fingerprint density at radius 1 is 1.12 bits per heavy atom. The highest BCUT2D eigenvalue weighted by Gasteiger charge is 2.16. The number of aromatic nitrogens is 5. The second-order valence-corrected chi connectivity index (χ2v) is 6.54. The summed E-state index contributed by atoms with van der Waals surface area (Å²) in [7, 11) is 0. The van der Waals surface area contributed by atoms with Crippen LogP contribution in [0.4, 0.5) is 5.82 Å². The first-order valence-corrected chi connectivity index (χ1v) is 8.60. The molecule has 4 rings (SSSR count). The molecule has 0 amide bonds. The summed E-state index contributed by atoms with van der Waals surface area (Å²) in [6.07, 6.45) is 7.60. The van der Waals surface area contributed by atoms with Crippen LogP contribution in [0.25, 0.3) is 11.0 Å². The van der Waals surface area contributed by atoms with Crippen molar-refractivity contribution >= 4 is 16.9 Å². The van der Waals surface area contributed by atoms with Crippen molar-refractivity contribution in [2.24, 2.45) is 0 Å². The maximum absolute atomic E-state index is 4.52. The van der Waals surface area contributed by atoms with E-state index in [1.54, 1.807) is 6.33 Å². The Morgan fingerprint density at radius 3 is 2.92 bits per heavy atom. The van der Waals surface area contributed by atoms with Gasteiger partial charge in [0.1, 0.15) is 12.1 Å². The summed E-state index contributed by atoms with van der Waals surface area (Å²) in [6, 6.07) is 2.07. The van der Waals surface area contributed by atoms with Crippen molar-refractivity contribution < 1.29 is 0 Å². The number of aryl methyl sites for hydroxylation is 3. The van der Waals surface area contributed by atoms with Crippen molar-refractivity contribution in [2.45, 2.75) is 52.5 Å². The van der Waals surface area contributed by atoms with Gasteiger partial charge in [-0.15, -0.1) is 0 Å². The molecular weight excluding hydrogens is 300 g/mol. The number of nitrogens with zero attached hydrogens (tertiary/aromatic N) is 4. The third-order valence-electron chi connectivity index (χ3n) is 4.74. The standard InChI is InChI=1S/C18H22N6/c1-11-8-12(2)22-18-16(11)17(20-10-21-18)19-9-15-13-6-4-3-5-7-14(13)23-24-15/h8,10H,3-7,9H2,1-2H3,(H,23,24)(H,19,20,21,22). The topological polar surface area (TPSA) is 79.4 Å². The van der Waals surface area contributed by atoms with Crippen LogP contribution in [0.15, 0.2) is 12.4 Å². The van der Waals surface area contributed by atoms with Gasteiger partial charge in [0.25, 0.3) is 0 Å². The van der Waals surface area contributed by atoms with Gasteiger partial charge in [-0.05, 0) is 56.7 Å². The molecule has 0 aromatic carbocycles. The lowest BCUT2D eigenvalue weighted by Crippen LogP contribution is -2.06. The van der Waals surface area contributed by atoms with E-state index in [4.69, 9.17) is 0 Å². The summed E-state index contributed by atoms with van der Waals surface area (Å²) in [5.41, 5.74) is 6.67. The number of aromatic amines is 1. The number of anilines is 1. The van der Waals surface area contributed by atoms with Gasteiger partial charge in [0.05, 0.1) is 17.6 Å². The van der Waals surface area contributed by atoms with E-state index in [-0.39, 0.29) is 0 Å². The van der Waals surface area contributed by atoms with Crippen molar-refractivity contribution in [3.63, 3.8) is 0 Å². The minimum absolute atomic E-state index is 0.672. The van der Waals surface area contributed by atoms with Gasteiger partial charge in [-0.1, -0.05) is 6.42 Å². The van der Waals surface area contributed by atoms with Crippen molar-refractivity contribution in [1.29, 1.82) is 0 Å². The van der Waals surface area contributed by atoms with Crippen LogP contribution in [0.2, 0.25) is 0 Å². The summed E-state index contributed by atoms with van der Waals surface area (Å²) >= 11 is 0. The predicted octanol–water partition coefficient (Wildman–Crippen LogP) is 3.25. The fourth-order valence-corrected chi connectivity index (χ4v) is 3.58. The summed E-state index contributed by atoms with van der Waals surface area (Å²) in [5.74, 6) is 0.829. The van der Waals surface area contributed by atoms with E-state index in [2.05, 4.69) is 43.5 Å². The molecule has 6 nitrogen and oxygen atoms in total. The molecule has 0 radical (unpaired) electrons. The van der Waals surface area contributed by atoms with Crippen LogP contribution in [-0.4, -0.2) is 25.1 Å². The molecule has 1 aliphatic rings. The lowest BCUT2D eigenvalue weighted by molar-refractivity contribution is 0.699. The zero-order valence-electron chi connectivity index (χ0n) is 14.2. The second-order valence-electron chi connectivity index (χ2n) is 6.54. The van der Waals surface area contributed by atoms with E-state index in [0.717, 1.165) is 46.6 Å². The van der Waals surface area contributed by atoms with Gasteiger partial charge in [0, 0.05) is 11.4 Å². The molecule has 0 unspecified atom stereocenters. The van der Waals surface area contributed by atoms with Gasteiger partial charge < -0.3 is 5.32 Å². The first-order valence-electron chi connectivity index (χ1n) is 8.60. The number of nitrogens with one attached hydrogen (secondary N) is 2. The monoisotopic (exact) mass is 322 g/mol. The molecule has 0 spiro atoms. The van der Waals surface area contributed by atoms with Gasteiger partial charge in [-0.3, -0.25) is 5.10 Å². The van der Waals surface area contributed by atoms with Crippen LogP contribution < -0.4 is 5.32 Å². The first kappa shape index (κ1) is 15.1. The Kier molecular flexibility index (Phi) is 3.88. The van der Waals surface area contributed by atoms with Crippen LogP contribution in [-0.2, 0) is 19.4 Å². The van der Waals surface area contributed by atoms with E-state index < -0.39 is 0 Å². The zero-order valence-corrected chi connectivity index (χ0v) is 14.2. The van der Waals surface area contributed by atoms with Crippen LogP contribution in [0.3, 0.4) is 0 Å². The molecule has 0 bridgehead atoms. The number of rotatable bonds is 3. The number of fused-ring (bicyclic) bond motifs is 2. The van der Waals surface area contributed by atoms with Gasteiger partial charge in [-0.2, -0.15) is 5.10 Å². The summed E-state index contributed by atoms with van der Waals surface area (Å²) in [4.78, 5) is 13.2. The summed E-state index contributed by atoms with van der Waals surface area (Å²) < 4.78 is 0. The normalized spacial score (nSPS) is 14.4. The number of hydrogen-bond acceptors (Lipinski definition) is 5. The molecule has 2 N–H and O–H groups in total. The minimum Gasteiger partial charge on any atom is -0.364 e. The van der Waals surface area contributed by atoms with Crippen LogP contribution in [0, 0.1) is 13.8 Å². The zero-order chi connectivity index (χ0) is 16.5. The Balaban J connectivity index is 1.63. The van der Waals surface area contributed by atoms with Crippen LogP contribution in [0.5, 0.6) is 0 Å². The van der Waals surface area contributed by atoms with E-state index in [9.17, 15) is 0 Å². The van der Waals surface area contributed by atoms with Crippen molar-refractivity contribution in [3.05, 3.63) is 40.6 Å². The van der Waals surface area contributed by atoms with E-state index in [0.29, 0.717) is 6.54 Å². The fraction of sp³-hybridized carbons (Fsp3) is 0.444. The summed E-state index contributed by atoms with van der Waals surface area (Å²) in [6.45, 7) is 4.73. The molecular formula is C18H22N6. The molecule has 1 aliphatic carbocycles. The molecule has 24 heavy (non-hydrogen) atoms. The highest BCUT2D eigenvalue weighted by Crippen LogP contribution is 2.25. The quantitative estimate of drug-likeness (QED) is 0.724. The molecule has 6 heteroatoms. The minimum atomic E-state index is 0.672. The fourth-order valence-electron chi connectivity index (χ4n) is 3.58. The molecule has 124 valence electrons. The van der Waals surface area contributed by atoms with E-state index in [1.165, 1.54) is 30.5 Å². The third kappa shape index (κ3) is 2.72. The highest BCUT2D eigenvalue weighted by molar-refractivity contribution is 5.89. The molecule has 3 aromatic rings. The SMILES string of the molecule is Cc1cc(C)c2c(NCc3n[nH]c4c3CCCCC4)ncnc2n1.